The fourth-order valence-electron chi connectivity index (χ4n) is 3.02. The van der Waals surface area contributed by atoms with Crippen molar-refractivity contribution >= 4 is 0 Å². The Morgan fingerprint density at radius 3 is 2.50 bits per heavy atom. The van der Waals surface area contributed by atoms with Crippen LogP contribution in [0, 0.1) is 0 Å². The number of nitrogens with one attached hydrogen (secondary N) is 1. The Kier molecular flexibility index (Phi) is 3.88. The lowest BCUT2D eigenvalue weighted by atomic mass is 10.00. The van der Waals surface area contributed by atoms with E-state index >= 15 is 0 Å². The van der Waals surface area contributed by atoms with Crippen LogP contribution in [0.1, 0.15) is 33.1 Å². The largest absolute Gasteiger partial charge is 0.310 e. The lowest BCUT2D eigenvalue weighted by Crippen LogP contribution is -2.51. The molecule has 2 aliphatic rings. The topological polar surface area (TPSA) is 18.5 Å². The highest BCUT2D eigenvalue weighted by Gasteiger charge is 2.29. The Bertz CT molecular complexity index is 219. The first-order chi connectivity index (χ1) is 7.57. The third-order valence-corrected chi connectivity index (χ3v) is 4.03. The summed E-state index contributed by atoms with van der Waals surface area (Å²) in [6, 6.07) is 0.829. The molecule has 2 rings (SSSR count). The Balaban J connectivity index is 1.92. The van der Waals surface area contributed by atoms with Crippen molar-refractivity contribution in [3.05, 3.63) is 0 Å². The molecule has 94 valence electrons. The maximum Gasteiger partial charge on any atom is 0.0252 e. The van der Waals surface area contributed by atoms with E-state index in [1.807, 2.05) is 0 Å². The van der Waals surface area contributed by atoms with Crippen LogP contribution >= 0.6 is 0 Å². The molecule has 0 aromatic carbocycles. The van der Waals surface area contributed by atoms with Crippen LogP contribution in [0.5, 0.6) is 0 Å². The number of hydrogen-bond donors (Lipinski definition) is 1. The molecule has 0 atom stereocenters. The Labute approximate surface area is 100 Å². The molecule has 3 heteroatoms. The Morgan fingerprint density at radius 2 is 1.81 bits per heavy atom. The lowest BCUT2D eigenvalue weighted by Gasteiger charge is -2.39. The summed E-state index contributed by atoms with van der Waals surface area (Å²) in [5.41, 5.74) is 0.292. The molecule has 0 spiro atoms. The molecule has 0 bridgehead atoms. The summed E-state index contributed by atoms with van der Waals surface area (Å²) < 4.78 is 0. The minimum absolute atomic E-state index is 0.292. The SMILES string of the molecule is CN1CCC(N2CCCNC(C)(C)C2)CC1. The average Bonchev–Trinajstić information content (AvgIpc) is 2.40. The highest BCUT2D eigenvalue weighted by Crippen LogP contribution is 2.20. The Morgan fingerprint density at radius 1 is 1.12 bits per heavy atom. The first kappa shape index (κ1) is 12.3. The zero-order valence-electron chi connectivity index (χ0n) is 11.1. The first-order valence-electron chi connectivity index (χ1n) is 6.74. The van der Waals surface area contributed by atoms with Crippen LogP contribution in [0.3, 0.4) is 0 Å². The number of likely N-dealkylation sites (tertiary alicyclic amines) is 1. The molecule has 0 radical (unpaired) electrons. The number of rotatable bonds is 1. The van der Waals surface area contributed by atoms with Crippen LogP contribution in [0.2, 0.25) is 0 Å². The van der Waals surface area contributed by atoms with E-state index in [1.54, 1.807) is 0 Å². The summed E-state index contributed by atoms with van der Waals surface area (Å²) in [6.45, 7) is 10.9. The summed E-state index contributed by atoms with van der Waals surface area (Å²) in [6.07, 6.45) is 4.01. The number of nitrogens with zero attached hydrogens (tertiary/aromatic N) is 2. The van der Waals surface area contributed by atoms with Gasteiger partial charge in [-0.1, -0.05) is 0 Å². The molecule has 2 fully saturated rings. The van der Waals surface area contributed by atoms with Gasteiger partial charge in [0.2, 0.25) is 0 Å². The first-order valence-corrected chi connectivity index (χ1v) is 6.74. The molecule has 0 aliphatic carbocycles. The third-order valence-electron chi connectivity index (χ3n) is 4.03. The standard InChI is InChI=1S/C13H27N3/c1-13(2)11-16(8-4-7-14-13)12-5-9-15(3)10-6-12/h12,14H,4-11H2,1-3H3. The third kappa shape index (κ3) is 3.19. The zero-order chi connectivity index (χ0) is 11.6. The molecule has 2 heterocycles. The molecule has 0 saturated carbocycles. The molecule has 2 aliphatic heterocycles. The van der Waals surface area contributed by atoms with Crippen molar-refractivity contribution in [2.75, 3.05) is 39.8 Å². The molecule has 3 nitrogen and oxygen atoms in total. The van der Waals surface area contributed by atoms with Gasteiger partial charge in [-0.3, -0.25) is 4.90 Å². The van der Waals surface area contributed by atoms with Crippen molar-refractivity contribution < 1.29 is 0 Å². The monoisotopic (exact) mass is 225 g/mol. The van der Waals surface area contributed by atoms with E-state index in [9.17, 15) is 0 Å². The average molecular weight is 225 g/mol. The quantitative estimate of drug-likeness (QED) is 0.722. The van der Waals surface area contributed by atoms with Gasteiger partial charge in [0, 0.05) is 18.1 Å². The van der Waals surface area contributed by atoms with Crippen LogP contribution in [0.25, 0.3) is 0 Å². The van der Waals surface area contributed by atoms with Gasteiger partial charge < -0.3 is 10.2 Å². The molecule has 0 unspecified atom stereocenters. The van der Waals surface area contributed by atoms with Crippen molar-refractivity contribution in [3.8, 4) is 0 Å². The molecule has 0 aromatic rings. The number of hydrogen-bond acceptors (Lipinski definition) is 3. The highest BCUT2D eigenvalue weighted by atomic mass is 15.2. The van der Waals surface area contributed by atoms with E-state index in [2.05, 4.69) is 36.0 Å². The van der Waals surface area contributed by atoms with Gasteiger partial charge in [-0.25, -0.2) is 0 Å². The molecule has 1 N–H and O–H groups in total. The zero-order valence-corrected chi connectivity index (χ0v) is 11.1. The minimum Gasteiger partial charge on any atom is -0.310 e. The van der Waals surface area contributed by atoms with E-state index in [0.29, 0.717) is 5.54 Å². The van der Waals surface area contributed by atoms with E-state index < -0.39 is 0 Å². The summed E-state index contributed by atoms with van der Waals surface area (Å²) in [5.74, 6) is 0. The van der Waals surface area contributed by atoms with Gasteiger partial charge in [-0.15, -0.1) is 0 Å². The van der Waals surface area contributed by atoms with Crippen molar-refractivity contribution in [3.63, 3.8) is 0 Å². The molecular formula is C13H27N3. The van der Waals surface area contributed by atoms with Gasteiger partial charge in [-0.05, 0) is 66.3 Å². The van der Waals surface area contributed by atoms with Gasteiger partial charge in [0.15, 0.2) is 0 Å². The highest BCUT2D eigenvalue weighted by molar-refractivity contribution is 4.89. The van der Waals surface area contributed by atoms with Gasteiger partial charge in [-0.2, -0.15) is 0 Å². The molecule has 2 saturated heterocycles. The summed E-state index contributed by atoms with van der Waals surface area (Å²) in [5, 5.41) is 3.65. The van der Waals surface area contributed by atoms with Gasteiger partial charge in [0.05, 0.1) is 0 Å². The summed E-state index contributed by atoms with van der Waals surface area (Å²) in [7, 11) is 2.24. The second-order valence-corrected chi connectivity index (χ2v) is 6.17. The van der Waals surface area contributed by atoms with Crippen LogP contribution < -0.4 is 5.32 Å². The molecule has 16 heavy (non-hydrogen) atoms. The van der Waals surface area contributed by atoms with Crippen molar-refractivity contribution in [1.29, 1.82) is 0 Å². The second-order valence-electron chi connectivity index (χ2n) is 6.17. The maximum absolute atomic E-state index is 3.65. The maximum atomic E-state index is 3.65. The van der Waals surface area contributed by atoms with Gasteiger partial charge in [0.1, 0.15) is 0 Å². The smallest absolute Gasteiger partial charge is 0.0252 e. The summed E-state index contributed by atoms with van der Waals surface area (Å²) >= 11 is 0. The van der Waals surface area contributed by atoms with Crippen LogP contribution in [0.15, 0.2) is 0 Å². The molecule has 0 amide bonds. The summed E-state index contributed by atoms with van der Waals surface area (Å²) in [4.78, 5) is 5.19. The second kappa shape index (κ2) is 5.03. The van der Waals surface area contributed by atoms with E-state index in [0.717, 1.165) is 6.04 Å². The van der Waals surface area contributed by atoms with Crippen LogP contribution in [0.4, 0.5) is 0 Å². The van der Waals surface area contributed by atoms with Crippen LogP contribution in [-0.2, 0) is 0 Å². The van der Waals surface area contributed by atoms with E-state index in [-0.39, 0.29) is 0 Å². The normalized spacial score (nSPS) is 30.2. The fourth-order valence-corrected chi connectivity index (χ4v) is 3.02. The predicted octanol–water partition coefficient (Wildman–Crippen LogP) is 1.15. The lowest BCUT2D eigenvalue weighted by molar-refractivity contribution is 0.107. The fraction of sp³-hybridized carbons (Fsp3) is 1.00. The van der Waals surface area contributed by atoms with E-state index in [4.69, 9.17) is 0 Å². The number of piperidine rings is 1. The Hall–Kier alpha value is -0.120. The van der Waals surface area contributed by atoms with Crippen LogP contribution in [-0.4, -0.2) is 61.2 Å². The van der Waals surface area contributed by atoms with Crippen molar-refractivity contribution in [1.82, 2.24) is 15.1 Å². The van der Waals surface area contributed by atoms with Crippen molar-refractivity contribution in [2.24, 2.45) is 0 Å². The minimum atomic E-state index is 0.292. The molecule has 0 aromatic heterocycles. The predicted molar refractivity (Wildman–Crippen MR) is 68.8 cm³/mol. The van der Waals surface area contributed by atoms with Gasteiger partial charge in [0.25, 0.3) is 0 Å². The molecular weight excluding hydrogens is 198 g/mol. The van der Waals surface area contributed by atoms with E-state index in [1.165, 1.54) is 52.0 Å². The van der Waals surface area contributed by atoms with Crippen molar-refractivity contribution in [2.45, 2.75) is 44.7 Å². The van der Waals surface area contributed by atoms with Gasteiger partial charge >= 0.3 is 0 Å².